The van der Waals surface area contributed by atoms with E-state index in [2.05, 4.69) is 5.32 Å². The smallest absolute Gasteiger partial charge is 0.223 e. The third-order valence-corrected chi connectivity index (χ3v) is 4.44. The largest absolute Gasteiger partial charge is 0.389 e. The second kappa shape index (κ2) is 7.75. The van der Waals surface area contributed by atoms with Crippen LogP contribution >= 0.6 is 0 Å². The van der Waals surface area contributed by atoms with Gasteiger partial charge in [0.25, 0.3) is 0 Å². The van der Waals surface area contributed by atoms with Crippen molar-refractivity contribution in [1.29, 1.82) is 0 Å². The van der Waals surface area contributed by atoms with Crippen molar-refractivity contribution in [2.75, 3.05) is 0 Å². The average molecular weight is 305 g/mol. The van der Waals surface area contributed by atoms with Gasteiger partial charge in [-0.1, -0.05) is 49.6 Å². The molecule has 1 amide bonds. The fraction of sp³-hybridized carbons (Fsp3) is 0.611. The van der Waals surface area contributed by atoms with Crippen molar-refractivity contribution in [3.8, 4) is 0 Å². The molecule has 0 spiro atoms. The summed E-state index contributed by atoms with van der Waals surface area (Å²) < 4.78 is 0. The number of carbonyl (C=O) groups is 1. The van der Waals surface area contributed by atoms with Gasteiger partial charge in [-0.05, 0) is 31.7 Å². The van der Waals surface area contributed by atoms with Crippen LogP contribution in [0.2, 0.25) is 0 Å². The zero-order valence-corrected chi connectivity index (χ0v) is 13.3. The minimum Gasteiger partial charge on any atom is -0.389 e. The van der Waals surface area contributed by atoms with Gasteiger partial charge in [-0.25, -0.2) is 0 Å². The number of hydrogen-bond acceptors (Lipinski definition) is 3. The zero-order valence-electron chi connectivity index (χ0n) is 13.3. The van der Waals surface area contributed by atoms with Gasteiger partial charge >= 0.3 is 0 Å². The molecule has 1 aliphatic carbocycles. The standard InChI is InChI=1S/C18H27NO3/c1-14(12-16(20)15-8-4-2-5-9-15)19-17(21)13-18(22)10-6-3-7-11-18/h2,4-5,8-9,14,16,20,22H,3,6-7,10-13H2,1H3,(H,19,21). The average Bonchev–Trinajstić information content (AvgIpc) is 2.47. The van der Waals surface area contributed by atoms with Crippen LogP contribution in [0.3, 0.4) is 0 Å². The SMILES string of the molecule is CC(CC(O)c1ccccc1)NC(=O)CC1(O)CCCCC1. The highest BCUT2D eigenvalue weighted by molar-refractivity contribution is 5.77. The predicted octanol–water partition coefficient (Wildman–Crippen LogP) is 2.70. The van der Waals surface area contributed by atoms with E-state index in [1.54, 1.807) is 0 Å². The maximum absolute atomic E-state index is 12.1. The Morgan fingerprint density at radius 1 is 1.23 bits per heavy atom. The molecule has 0 aliphatic heterocycles. The summed E-state index contributed by atoms with van der Waals surface area (Å²) in [6.45, 7) is 1.88. The van der Waals surface area contributed by atoms with E-state index in [4.69, 9.17) is 0 Å². The predicted molar refractivity (Wildman–Crippen MR) is 86.3 cm³/mol. The second-order valence-electron chi connectivity index (χ2n) is 6.59. The van der Waals surface area contributed by atoms with E-state index in [1.165, 1.54) is 0 Å². The van der Waals surface area contributed by atoms with Gasteiger partial charge < -0.3 is 15.5 Å². The Bertz CT molecular complexity index is 468. The highest BCUT2D eigenvalue weighted by Crippen LogP contribution is 2.30. The molecule has 0 radical (unpaired) electrons. The molecule has 3 N–H and O–H groups in total. The monoisotopic (exact) mass is 305 g/mol. The molecule has 4 heteroatoms. The van der Waals surface area contributed by atoms with Gasteiger partial charge in [0.05, 0.1) is 18.1 Å². The molecular formula is C18H27NO3. The molecule has 1 fully saturated rings. The lowest BCUT2D eigenvalue weighted by Gasteiger charge is -2.32. The van der Waals surface area contributed by atoms with Gasteiger partial charge in [-0.15, -0.1) is 0 Å². The van der Waals surface area contributed by atoms with Gasteiger partial charge in [0, 0.05) is 6.04 Å². The molecule has 0 heterocycles. The Morgan fingerprint density at radius 3 is 2.50 bits per heavy atom. The van der Waals surface area contributed by atoms with Crippen LogP contribution in [0.15, 0.2) is 30.3 Å². The van der Waals surface area contributed by atoms with E-state index in [0.717, 1.165) is 24.8 Å². The Labute approximate surface area is 132 Å². The quantitative estimate of drug-likeness (QED) is 0.757. The summed E-state index contributed by atoms with van der Waals surface area (Å²) in [5.41, 5.74) is 0.0228. The first-order chi connectivity index (χ1) is 10.5. The van der Waals surface area contributed by atoms with Gasteiger partial charge in [0.1, 0.15) is 0 Å². The Morgan fingerprint density at radius 2 is 1.86 bits per heavy atom. The molecule has 122 valence electrons. The van der Waals surface area contributed by atoms with Gasteiger partial charge in [0.2, 0.25) is 5.91 Å². The van der Waals surface area contributed by atoms with Gasteiger partial charge in [-0.3, -0.25) is 4.79 Å². The van der Waals surface area contributed by atoms with E-state index in [1.807, 2.05) is 37.3 Å². The molecule has 2 atom stereocenters. The van der Waals surface area contributed by atoms with Crippen LogP contribution in [0, 0.1) is 0 Å². The molecule has 1 aromatic carbocycles. The number of carbonyl (C=O) groups excluding carboxylic acids is 1. The number of nitrogens with one attached hydrogen (secondary N) is 1. The molecule has 1 aromatic rings. The molecule has 0 saturated heterocycles. The summed E-state index contributed by atoms with van der Waals surface area (Å²) in [6.07, 6.45) is 4.59. The van der Waals surface area contributed by atoms with E-state index in [-0.39, 0.29) is 18.4 Å². The van der Waals surface area contributed by atoms with E-state index >= 15 is 0 Å². The summed E-state index contributed by atoms with van der Waals surface area (Å²) >= 11 is 0. The third-order valence-electron chi connectivity index (χ3n) is 4.44. The first-order valence-electron chi connectivity index (χ1n) is 8.23. The molecular weight excluding hydrogens is 278 g/mol. The molecule has 0 aromatic heterocycles. The van der Waals surface area contributed by atoms with Crippen molar-refractivity contribution in [3.05, 3.63) is 35.9 Å². The minimum absolute atomic E-state index is 0.128. The number of aliphatic hydroxyl groups is 2. The second-order valence-corrected chi connectivity index (χ2v) is 6.59. The van der Waals surface area contributed by atoms with E-state index < -0.39 is 11.7 Å². The molecule has 2 rings (SSSR count). The van der Waals surface area contributed by atoms with Crippen LogP contribution in [-0.2, 0) is 4.79 Å². The summed E-state index contributed by atoms with van der Waals surface area (Å²) in [5, 5.41) is 23.5. The highest BCUT2D eigenvalue weighted by atomic mass is 16.3. The normalized spacial score (nSPS) is 20.1. The van der Waals surface area contributed by atoms with Crippen molar-refractivity contribution >= 4 is 5.91 Å². The van der Waals surface area contributed by atoms with Gasteiger partial charge in [-0.2, -0.15) is 0 Å². The maximum Gasteiger partial charge on any atom is 0.223 e. The van der Waals surface area contributed by atoms with Crippen molar-refractivity contribution in [3.63, 3.8) is 0 Å². The van der Waals surface area contributed by atoms with Gasteiger partial charge in [0.15, 0.2) is 0 Å². The van der Waals surface area contributed by atoms with Crippen molar-refractivity contribution < 1.29 is 15.0 Å². The number of benzene rings is 1. The van der Waals surface area contributed by atoms with Crippen LogP contribution in [0.1, 0.15) is 63.5 Å². The topological polar surface area (TPSA) is 69.6 Å². The lowest BCUT2D eigenvalue weighted by atomic mass is 9.82. The van der Waals surface area contributed by atoms with Crippen molar-refractivity contribution in [1.82, 2.24) is 5.32 Å². The van der Waals surface area contributed by atoms with Crippen LogP contribution in [-0.4, -0.2) is 27.8 Å². The lowest BCUT2D eigenvalue weighted by molar-refractivity contribution is -0.128. The minimum atomic E-state index is -0.833. The highest BCUT2D eigenvalue weighted by Gasteiger charge is 2.32. The van der Waals surface area contributed by atoms with E-state index in [9.17, 15) is 15.0 Å². The first-order valence-corrected chi connectivity index (χ1v) is 8.23. The number of aliphatic hydroxyl groups excluding tert-OH is 1. The van der Waals surface area contributed by atoms with Crippen LogP contribution in [0.25, 0.3) is 0 Å². The summed E-state index contributed by atoms with van der Waals surface area (Å²) in [5.74, 6) is -0.128. The first kappa shape index (κ1) is 17.0. The molecule has 1 saturated carbocycles. The fourth-order valence-electron chi connectivity index (χ4n) is 3.22. The summed E-state index contributed by atoms with van der Waals surface area (Å²) in [4.78, 5) is 12.1. The summed E-state index contributed by atoms with van der Waals surface area (Å²) in [7, 11) is 0. The molecule has 22 heavy (non-hydrogen) atoms. The van der Waals surface area contributed by atoms with Crippen molar-refractivity contribution in [2.45, 2.75) is 69.6 Å². The van der Waals surface area contributed by atoms with Crippen LogP contribution in [0.5, 0.6) is 0 Å². The maximum atomic E-state index is 12.1. The van der Waals surface area contributed by atoms with Crippen LogP contribution in [0.4, 0.5) is 0 Å². The van der Waals surface area contributed by atoms with Crippen molar-refractivity contribution in [2.24, 2.45) is 0 Å². The summed E-state index contributed by atoms with van der Waals surface area (Å²) in [6, 6.07) is 9.32. The Balaban J connectivity index is 1.78. The Hall–Kier alpha value is -1.39. The number of hydrogen-bond donors (Lipinski definition) is 3. The van der Waals surface area contributed by atoms with E-state index in [0.29, 0.717) is 19.3 Å². The lowest BCUT2D eigenvalue weighted by Crippen LogP contribution is -2.41. The molecule has 0 bridgehead atoms. The Kier molecular flexibility index (Phi) is 5.98. The zero-order chi connectivity index (χ0) is 16.0. The molecule has 1 aliphatic rings. The molecule has 2 unspecified atom stereocenters. The third kappa shape index (κ3) is 5.11. The molecule has 4 nitrogen and oxygen atoms in total. The fourth-order valence-corrected chi connectivity index (χ4v) is 3.22. The number of rotatable bonds is 6. The number of amides is 1. The van der Waals surface area contributed by atoms with Crippen LogP contribution < -0.4 is 5.32 Å².